The molecule has 0 saturated carbocycles. The van der Waals surface area contributed by atoms with Gasteiger partial charge >= 0.3 is 0 Å². The van der Waals surface area contributed by atoms with Crippen molar-refractivity contribution in [3.63, 3.8) is 0 Å². The molecule has 0 unspecified atom stereocenters. The zero-order valence-electron chi connectivity index (χ0n) is 10.3. The summed E-state index contributed by atoms with van der Waals surface area (Å²) in [7, 11) is 4.10. The number of hydrogen-bond acceptors (Lipinski definition) is 5. The molecule has 0 fully saturated rings. The second kappa shape index (κ2) is 6.93. The van der Waals surface area contributed by atoms with Crippen molar-refractivity contribution in [1.82, 2.24) is 19.9 Å². The highest BCUT2D eigenvalue weighted by Crippen LogP contribution is 2.13. The summed E-state index contributed by atoms with van der Waals surface area (Å²) < 4.78 is 0. The lowest BCUT2D eigenvalue weighted by Gasteiger charge is -2.21. The van der Waals surface area contributed by atoms with E-state index in [0.29, 0.717) is 5.95 Å². The fourth-order valence-electron chi connectivity index (χ4n) is 1.43. The second-order valence-electron chi connectivity index (χ2n) is 3.91. The van der Waals surface area contributed by atoms with Gasteiger partial charge in [-0.2, -0.15) is 15.0 Å². The standard InChI is InChI=1S/C10H17Cl2N5/c1-4-17(7-5-6-16(2)3)10-14-8(11)13-9(12)15-10/h4-7H2,1-3H3. The van der Waals surface area contributed by atoms with Crippen LogP contribution in [0.3, 0.4) is 0 Å². The molecule has 1 rings (SSSR count). The Hall–Kier alpha value is -0.650. The first-order valence-electron chi connectivity index (χ1n) is 5.49. The highest BCUT2D eigenvalue weighted by molar-refractivity contribution is 6.31. The summed E-state index contributed by atoms with van der Waals surface area (Å²) >= 11 is 11.5. The summed E-state index contributed by atoms with van der Waals surface area (Å²) in [6.45, 7) is 4.74. The molecule has 0 spiro atoms. The van der Waals surface area contributed by atoms with E-state index in [9.17, 15) is 0 Å². The van der Waals surface area contributed by atoms with Crippen molar-refractivity contribution in [3.8, 4) is 0 Å². The number of hydrogen-bond donors (Lipinski definition) is 0. The average Bonchev–Trinajstić information content (AvgIpc) is 2.22. The van der Waals surface area contributed by atoms with Crippen molar-refractivity contribution in [1.29, 1.82) is 0 Å². The van der Waals surface area contributed by atoms with Gasteiger partial charge in [-0.15, -0.1) is 0 Å². The van der Waals surface area contributed by atoms with E-state index < -0.39 is 0 Å². The average molecular weight is 278 g/mol. The van der Waals surface area contributed by atoms with Crippen LogP contribution in [0.4, 0.5) is 5.95 Å². The Morgan fingerprint density at radius 3 is 2.06 bits per heavy atom. The van der Waals surface area contributed by atoms with Gasteiger partial charge in [0.05, 0.1) is 0 Å². The van der Waals surface area contributed by atoms with E-state index in [4.69, 9.17) is 23.2 Å². The third-order valence-electron chi connectivity index (χ3n) is 2.27. The largest absolute Gasteiger partial charge is 0.341 e. The summed E-state index contributed by atoms with van der Waals surface area (Å²) in [5.74, 6) is 0.538. The van der Waals surface area contributed by atoms with Gasteiger partial charge in [0.2, 0.25) is 16.5 Å². The lowest BCUT2D eigenvalue weighted by atomic mass is 10.3. The fraction of sp³-hybridized carbons (Fsp3) is 0.700. The van der Waals surface area contributed by atoms with Crippen LogP contribution in [0, 0.1) is 0 Å². The molecule has 1 aromatic heterocycles. The lowest BCUT2D eigenvalue weighted by Crippen LogP contribution is -2.28. The summed E-state index contributed by atoms with van der Waals surface area (Å²) in [4.78, 5) is 16.1. The summed E-state index contributed by atoms with van der Waals surface area (Å²) in [6, 6.07) is 0. The van der Waals surface area contributed by atoms with Crippen LogP contribution in [-0.4, -0.2) is 53.6 Å². The molecule has 0 aliphatic rings. The van der Waals surface area contributed by atoms with Crippen LogP contribution in [0.5, 0.6) is 0 Å². The monoisotopic (exact) mass is 277 g/mol. The summed E-state index contributed by atoms with van der Waals surface area (Å²) in [5, 5.41) is 0.261. The molecule has 0 atom stereocenters. The van der Waals surface area contributed by atoms with E-state index in [1.54, 1.807) is 0 Å². The molecule has 0 aliphatic carbocycles. The quantitative estimate of drug-likeness (QED) is 0.796. The van der Waals surface area contributed by atoms with Crippen molar-refractivity contribution in [2.45, 2.75) is 13.3 Å². The first kappa shape index (κ1) is 14.4. The highest BCUT2D eigenvalue weighted by Gasteiger charge is 2.10. The Morgan fingerprint density at radius 2 is 1.59 bits per heavy atom. The molecule has 1 heterocycles. The molecule has 0 saturated heterocycles. The van der Waals surface area contributed by atoms with Crippen LogP contribution >= 0.6 is 23.2 Å². The second-order valence-corrected chi connectivity index (χ2v) is 4.59. The first-order chi connectivity index (χ1) is 8.02. The molecule has 0 N–H and O–H groups in total. The van der Waals surface area contributed by atoms with Crippen molar-refractivity contribution < 1.29 is 0 Å². The van der Waals surface area contributed by atoms with Crippen LogP contribution < -0.4 is 4.90 Å². The molecule has 0 aliphatic heterocycles. The van der Waals surface area contributed by atoms with E-state index in [2.05, 4.69) is 19.9 Å². The normalized spacial score (nSPS) is 10.9. The number of anilines is 1. The Labute approximate surface area is 112 Å². The molecular formula is C10H17Cl2N5. The third kappa shape index (κ3) is 5.02. The van der Waals surface area contributed by atoms with Gasteiger partial charge in [-0.05, 0) is 57.2 Å². The Morgan fingerprint density at radius 1 is 1.00 bits per heavy atom. The van der Waals surface area contributed by atoms with Gasteiger partial charge in [0, 0.05) is 13.1 Å². The molecule has 1 aromatic rings. The van der Waals surface area contributed by atoms with Crippen molar-refractivity contribution >= 4 is 29.2 Å². The minimum absolute atomic E-state index is 0.131. The predicted octanol–water partition coefficient (Wildman–Crippen LogP) is 1.96. The number of rotatable bonds is 6. The van der Waals surface area contributed by atoms with Crippen LogP contribution in [-0.2, 0) is 0 Å². The van der Waals surface area contributed by atoms with E-state index in [1.807, 2.05) is 25.9 Å². The fourth-order valence-corrected chi connectivity index (χ4v) is 1.79. The highest BCUT2D eigenvalue weighted by atomic mass is 35.5. The topological polar surface area (TPSA) is 45.2 Å². The molecule has 7 heteroatoms. The van der Waals surface area contributed by atoms with Gasteiger partial charge < -0.3 is 9.80 Å². The lowest BCUT2D eigenvalue weighted by molar-refractivity contribution is 0.400. The van der Waals surface area contributed by atoms with Gasteiger partial charge in [-0.3, -0.25) is 0 Å². The number of halogens is 2. The molecule has 0 radical (unpaired) electrons. The molecule has 0 amide bonds. The van der Waals surface area contributed by atoms with E-state index >= 15 is 0 Å². The van der Waals surface area contributed by atoms with Crippen LogP contribution in [0.1, 0.15) is 13.3 Å². The zero-order chi connectivity index (χ0) is 12.8. The predicted molar refractivity (Wildman–Crippen MR) is 70.9 cm³/mol. The van der Waals surface area contributed by atoms with Gasteiger partial charge in [-0.25, -0.2) is 0 Å². The molecular weight excluding hydrogens is 261 g/mol. The molecule has 17 heavy (non-hydrogen) atoms. The molecule has 0 bridgehead atoms. The number of nitrogens with zero attached hydrogens (tertiary/aromatic N) is 5. The maximum atomic E-state index is 5.75. The van der Waals surface area contributed by atoms with Crippen LogP contribution in [0.15, 0.2) is 0 Å². The maximum Gasteiger partial charge on any atom is 0.230 e. The van der Waals surface area contributed by atoms with Gasteiger partial charge in [0.1, 0.15) is 0 Å². The summed E-state index contributed by atoms with van der Waals surface area (Å²) in [6.07, 6.45) is 1.03. The Balaban J connectivity index is 2.65. The van der Waals surface area contributed by atoms with E-state index in [-0.39, 0.29) is 10.6 Å². The van der Waals surface area contributed by atoms with E-state index in [0.717, 1.165) is 26.1 Å². The number of aromatic nitrogens is 3. The SMILES string of the molecule is CCN(CCCN(C)C)c1nc(Cl)nc(Cl)n1. The summed E-state index contributed by atoms with van der Waals surface area (Å²) in [5.41, 5.74) is 0. The zero-order valence-corrected chi connectivity index (χ0v) is 11.8. The van der Waals surface area contributed by atoms with Gasteiger partial charge in [0.15, 0.2) is 0 Å². The van der Waals surface area contributed by atoms with Crippen molar-refractivity contribution in [2.24, 2.45) is 0 Å². The third-order valence-corrected chi connectivity index (χ3v) is 2.61. The molecule has 96 valence electrons. The maximum absolute atomic E-state index is 5.75. The van der Waals surface area contributed by atoms with Crippen molar-refractivity contribution in [3.05, 3.63) is 10.6 Å². The van der Waals surface area contributed by atoms with Crippen LogP contribution in [0.2, 0.25) is 10.6 Å². The van der Waals surface area contributed by atoms with Gasteiger partial charge in [0.25, 0.3) is 0 Å². The minimum atomic E-state index is 0.131. The molecule has 0 aromatic carbocycles. The Bertz CT molecular complexity index is 338. The van der Waals surface area contributed by atoms with E-state index in [1.165, 1.54) is 0 Å². The van der Waals surface area contributed by atoms with Gasteiger partial charge in [-0.1, -0.05) is 0 Å². The smallest absolute Gasteiger partial charge is 0.230 e. The van der Waals surface area contributed by atoms with Crippen LogP contribution in [0.25, 0.3) is 0 Å². The molecule has 5 nitrogen and oxygen atoms in total. The minimum Gasteiger partial charge on any atom is -0.341 e. The first-order valence-corrected chi connectivity index (χ1v) is 6.25. The Kier molecular flexibility index (Phi) is 5.88. The van der Waals surface area contributed by atoms with Crippen molar-refractivity contribution in [2.75, 3.05) is 38.6 Å².